The molecule has 2 aromatic heterocycles. The largest absolute Gasteiger partial charge is 0.480 e. The first-order valence-corrected chi connectivity index (χ1v) is 6.29. The summed E-state index contributed by atoms with van der Waals surface area (Å²) in [6.07, 6.45) is 4.02. The number of rotatable bonds is 3. The lowest BCUT2D eigenvalue weighted by atomic mass is 10.1. The van der Waals surface area contributed by atoms with Crippen molar-refractivity contribution in [2.75, 3.05) is 0 Å². The van der Waals surface area contributed by atoms with E-state index in [0.717, 1.165) is 20.7 Å². The Bertz CT molecular complexity index is 731. The van der Waals surface area contributed by atoms with Crippen LogP contribution in [0.4, 0.5) is 0 Å². The van der Waals surface area contributed by atoms with Gasteiger partial charge in [0.15, 0.2) is 4.96 Å². The molecule has 3 N–H and O–H groups in total. The summed E-state index contributed by atoms with van der Waals surface area (Å²) in [6, 6.07) is 5.02. The van der Waals surface area contributed by atoms with Gasteiger partial charge in [-0.1, -0.05) is 17.4 Å². The molecule has 0 aliphatic carbocycles. The van der Waals surface area contributed by atoms with E-state index in [0.29, 0.717) is 6.42 Å². The number of aliphatic carboxylic acids is 1. The van der Waals surface area contributed by atoms with Crippen LogP contribution in [-0.4, -0.2) is 26.5 Å². The van der Waals surface area contributed by atoms with Gasteiger partial charge in [-0.25, -0.2) is 4.98 Å². The number of nitrogens with two attached hydrogens (primary N) is 1. The van der Waals surface area contributed by atoms with Gasteiger partial charge >= 0.3 is 5.97 Å². The molecule has 5 nitrogen and oxygen atoms in total. The second-order valence-electron chi connectivity index (χ2n) is 4.13. The van der Waals surface area contributed by atoms with E-state index in [4.69, 9.17) is 10.8 Å². The highest BCUT2D eigenvalue weighted by Gasteiger charge is 2.13. The van der Waals surface area contributed by atoms with E-state index in [9.17, 15) is 4.79 Å². The number of hydrogen-bond donors (Lipinski definition) is 2. The molecule has 1 atom stereocenters. The first kappa shape index (κ1) is 11.2. The summed E-state index contributed by atoms with van der Waals surface area (Å²) in [6.45, 7) is 0. The lowest BCUT2D eigenvalue weighted by Crippen LogP contribution is -2.32. The molecule has 18 heavy (non-hydrogen) atoms. The molecule has 1 aromatic carbocycles. The van der Waals surface area contributed by atoms with Crippen molar-refractivity contribution in [1.82, 2.24) is 9.38 Å². The molecule has 0 aliphatic rings. The summed E-state index contributed by atoms with van der Waals surface area (Å²) in [5.74, 6) is -0.976. The molecule has 0 radical (unpaired) electrons. The predicted octanol–water partition coefficient (Wildman–Crippen LogP) is 1.50. The molecule has 0 amide bonds. The molecule has 0 fully saturated rings. The number of carboxylic acid groups (broad SMARTS) is 1. The fourth-order valence-electron chi connectivity index (χ4n) is 1.95. The number of nitrogens with zero attached hydrogens (tertiary/aromatic N) is 2. The molecule has 3 rings (SSSR count). The van der Waals surface area contributed by atoms with Crippen molar-refractivity contribution in [3.8, 4) is 0 Å². The molecule has 0 spiro atoms. The average molecular weight is 261 g/mol. The zero-order valence-corrected chi connectivity index (χ0v) is 10.2. The van der Waals surface area contributed by atoms with Crippen molar-refractivity contribution >= 4 is 32.5 Å². The van der Waals surface area contributed by atoms with Gasteiger partial charge in [0.1, 0.15) is 6.04 Å². The van der Waals surface area contributed by atoms with Crippen LogP contribution in [0.3, 0.4) is 0 Å². The number of carbonyl (C=O) groups is 1. The molecular weight excluding hydrogens is 250 g/mol. The van der Waals surface area contributed by atoms with Crippen LogP contribution in [0.2, 0.25) is 0 Å². The number of carboxylic acids is 1. The molecule has 2 heterocycles. The SMILES string of the molecule is NC(Cc1ccc2c(c1)sc1nccn12)C(=O)O. The normalized spacial score (nSPS) is 13.2. The Morgan fingerprint density at radius 2 is 2.39 bits per heavy atom. The van der Waals surface area contributed by atoms with E-state index in [1.54, 1.807) is 17.5 Å². The summed E-state index contributed by atoms with van der Waals surface area (Å²) in [5.41, 5.74) is 7.55. The Labute approximate surface area is 106 Å². The zero-order valence-electron chi connectivity index (χ0n) is 9.41. The maximum Gasteiger partial charge on any atom is 0.320 e. The summed E-state index contributed by atoms with van der Waals surface area (Å²) in [5, 5.41) is 8.80. The van der Waals surface area contributed by atoms with E-state index >= 15 is 0 Å². The topological polar surface area (TPSA) is 80.6 Å². The van der Waals surface area contributed by atoms with Crippen molar-refractivity contribution in [2.24, 2.45) is 5.73 Å². The highest BCUT2D eigenvalue weighted by molar-refractivity contribution is 7.23. The Kier molecular flexibility index (Phi) is 2.53. The molecule has 6 heteroatoms. The van der Waals surface area contributed by atoms with E-state index in [1.165, 1.54) is 0 Å². The van der Waals surface area contributed by atoms with Gasteiger partial charge in [-0.3, -0.25) is 9.20 Å². The van der Waals surface area contributed by atoms with Crippen molar-refractivity contribution < 1.29 is 9.90 Å². The predicted molar refractivity (Wildman–Crippen MR) is 69.9 cm³/mol. The van der Waals surface area contributed by atoms with Crippen LogP contribution in [0.15, 0.2) is 30.6 Å². The minimum Gasteiger partial charge on any atom is -0.480 e. The van der Waals surface area contributed by atoms with Crippen LogP contribution in [0.1, 0.15) is 5.56 Å². The molecule has 0 bridgehead atoms. The molecule has 1 unspecified atom stereocenters. The third-order valence-corrected chi connectivity index (χ3v) is 3.90. The molecule has 92 valence electrons. The lowest BCUT2D eigenvalue weighted by Gasteiger charge is -2.06. The van der Waals surface area contributed by atoms with Crippen molar-refractivity contribution in [2.45, 2.75) is 12.5 Å². The van der Waals surface area contributed by atoms with Crippen LogP contribution < -0.4 is 5.73 Å². The van der Waals surface area contributed by atoms with Crippen molar-refractivity contribution in [3.63, 3.8) is 0 Å². The van der Waals surface area contributed by atoms with Crippen molar-refractivity contribution in [1.29, 1.82) is 0 Å². The number of aromatic nitrogens is 2. The Hall–Kier alpha value is -1.92. The summed E-state index contributed by atoms with van der Waals surface area (Å²) >= 11 is 1.58. The average Bonchev–Trinajstić information content (AvgIpc) is 2.88. The van der Waals surface area contributed by atoms with Gasteiger partial charge in [0.25, 0.3) is 0 Å². The Morgan fingerprint density at radius 3 is 3.17 bits per heavy atom. The molecule has 0 saturated carbocycles. The minimum absolute atomic E-state index is 0.339. The second-order valence-corrected chi connectivity index (χ2v) is 5.14. The van der Waals surface area contributed by atoms with Gasteiger partial charge in [-0.05, 0) is 24.1 Å². The quantitative estimate of drug-likeness (QED) is 0.748. The molecular formula is C12H11N3O2S. The third-order valence-electron chi connectivity index (χ3n) is 2.86. The van der Waals surface area contributed by atoms with Gasteiger partial charge in [0.2, 0.25) is 0 Å². The van der Waals surface area contributed by atoms with Gasteiger partial charge < -0.3 is 10.8 Å². The Morgan fingerprint density at radius 1 is 1.56 bits per heavy atom. The fourth-order valence-corrected chi connectivity index (χ4v) is 3.00. The molecule has 0 saturated heterocycles. The standard InChI is InChI=1S/C12H11N3O2S/c13-8(11(16)17)5-7-1-2-9-10(6-7)18-12-14-3-4-15(9)12/h1-4,6,8H,5,13H2,(H,16,17). The van der Waals surface area contributed by atoms with Crippen LogP contribution >= 0.6 is 11.3 Å². The Balaban J connectivity index is 2.02. The highest BCUT2D eigenvalue weighted by atomic mass is 32.1. The van der Waals surface area contributed by atoms with E-state index in [1.807, 2.05) is 28.8 Å². The number of thiazole rings is 1. The number of hydrogen-bond acceptors (Lipinski definition) is 4. The maximum absolute atomic E-state index is 10.7. The van der Waals surface area contributed by atoms with E-state index in [2.05, 4.69) is 4.98 Å². The summed E-state index contributed by atoms with van der Waals surface area (Å²) in [4.78, 5) is 15.9. The monoisotopic (exact) mass is 261 g/mol. The zero-order chi connectivity index (χ0) is 12.7. The first-order valence-electron chi connectivity index (χ1n) is 5.48. The van der Waals surface area contributed by atoms with Gasteiger partial charge in [0.05, 0.1) is 10.2 Å². The highest BCUT2D eigenvalue weighted by Crippen LogP contribution is 2.26. The van der Waals surface area contributed by atoms with Crippen LogP contribution in [0.25, 0.3) is 15.2 Å². The van der Waals surface area contributed by atoms with Crippen LogP contribution in [0, 0.1) is 0 Å². The maximum atomic E-state index is 10.7. The first-order chi connectivity index (χ1) is 8.65. The van der Waals surface area contributed by atoms with E-state index < -0.39 is 12.0 Å². The van der Waals surface area contributed by atoms with Crippen LogP contribution in [-0.2, 0) is 11.2 Å². The smallest absolute Gasteiger partial charge is 0.320 e. The van der Waals surface area contributed by atoms with Crippen molar-refractivity contribution in [3.05, 3.63) is 36.2 Å². The number of imidazole rings is 1. The lowest BCUT2D eigenvalue weighted by molar-refractivity contribution is -0.138. The van der Waals surface area contributed by atoms with Gasteiger partial charge in [0, 0.05) is 12.4 Å². The third kappa shape index (κ3) is 1.75. The van der Waals surface area contributed by atoms with Gasteiger partial charge in [-0.15, -0.1) is 0 Å². The minimum atomic E-state index is -0.976. The summed E-state index contributed by atoms with van der Waals surface area (Å²) < 4.78 is 3.11. The summed E-state index contributed by atoms with van der Waals surface area (Å²) in [7, 11) is 0. The molecule has 0 aliphatic heterocycles. The second kappa shape index (κ2) is 4.08. The fraction of sp³-hybridized carbons (Fsp3) is 0.167. The van der Waals surface area contributed by atoms with Gasteiger partial charge in [-0.2, -0.15) is 0 Å². The van der Waals surface area contributed by atoms with Crippen LogP contribution in [0.5, 0.6) is 0 Å². The number of fused-ring (bicyclic) bond motifs is 3. The molecule has 3 aromatic rings. The number of benzene rings is 1. The van der Waals surface area contributed by atoms with E-state index in [-0.39, 0.29) is 0 Å².